The van der Waals surface area contributed by atoms with Gasteiger partial charge in [0.05, 0.1) is 0 Å². The molecule has 2 heterocycles. The average Bonchev–Trinajstić information content (AvgIpc) is 2.60. The quantitative estimate of drug-likeness (QED) is 0.584. The first-order valence-electron chi connectivity index (χ1n) is 4.22. The van der Waals surface area contributed by atoms with Gasteiger partial charge >= 0.3 is 0 Å². The SMILES string of the molecule is CCSc1c(C)c(Cl)nc2ncnn12. The molecule has 0 aliphatic carbocycles. The van der Waals surface area contributed by atoms with E-state index < -0.39 is 0 Å². The third-order valence-electron chi connectivity index (χ3n) is 1.83. The van der Waals surface area contributed by atoms with Gasteiger partial charge in [-0.15, -0.1) is 11.8 Å². The molecule has 2 aromatic rings. The van der Waals surface area contributed by atoms with Crippen molar-refractivity contribution in [1.29, 1.82) is 0 Å². The van der Waals surface area contributed by atoms with E-state index in [1.807, 2.05) is 6.92 Å². The van der Waals surface area contributed by atoms with Gasteiger partial charge in [-0.25, -0.2) is 0 Å². The molecule has 2 aromatic heterocycles. The van der Waals surface area contributed by atoms with Gasteiger partial charge < -0.3 is 0 Å². The Labute approximate surface area is 90.7 Å². The van der Waals surface area contributed by atoms with Gasteiger partial charge in [0.15, 0.2) is 0 Å². The molecule has 14 heavy (non-hydrogen) atoms. The molecule has 0 aromatic carbocycles. The van der Waals surface area contributed by atoms with Crippen molar-refractivity contribution < 1.29 is 0 Å². The van der Waals surface area contributed by atoms with Crippen LogP contribution >= 0.6 is 23.4 Å². The average molecular weight is 229 g/mol. The lowest BCUT2D eigenvalue weighted by molar-refractivity contribution is 0.826. The minimum Gasteiger partial charge on any atom is -0.199 e. The second-order valence-electron chi connectivity index (χ2n) is 2.74. The maximum absolute atomic E-state index is 5.98. The zero-order valence-corrected chi connectivity index (χ0v) is 9.43. The van der Waals surface area contributed by atoms with Gasteiger partial charge in [0.1, 0.15) is 16.5 Å². The minimum absolute atomic E-state index is 0.501. The molecule has 4 nitrogen and oxygen atoms in total. The Kier molecular flexibility index (Phi) is 2.60. The first-order valence-corrected chi connectivity index (χ1v) is 5.59. The maximum Gasteiger partial charge on any atom is 0.254 e. The van der Waals surface area contributed by atoms with E-state index in [0.29, 0.717) is 10.9 Å². The highest BCUT2D eigenvalue weighted by molar-refractivity contribution is 7.99. The maximum atomic E-state index is 5.98. The summed E-state index contributed by atoms with van der Waals surface area (Å²) >= 11 is 7.67. The molecule has 0 atom stereocenters. The van der Waals surface area contributed by atoms with Crippen molar-refractivity contribution >= 4 is 29.1 Å². The van der Waals surface area contributed by atoms with E-state index in [1.165, 1.54) is 6.33 Å². The standard InChI is InChI=1S/C8H9ClN4S/c1-3-14-7-5(2)6(9)12-8-10-4-11-13(7)8/h4H,3H2,1-2H3. The number of hydrogen-bond acceptors (Lipinski definition) is 4. The van der Waals surface area contributed by atoms with Crippen LogP contribution in [0.1, 0.15) is 12.5 Å². The molecule has 0 unspecified atom stereocenters. The number of nitrogens with zero attached hydrogens (tertiary/aromatic N) is 4. The van der Waals surface area contributed by atoms with E-state index >= 15 is 0 Å². The summed E-state index contributed by atoms with van der Waals surface area (Å²) in [6.45, 7) is 4.02. The molecule has 0 bridgehead atoms. The Hall–Kier alpha value is -0.810. The molecule has 0 fully saturated rings. The highest BCUT2D eigenvalue weighted by Gasteiger charge is 2.11. The number of hydrogen-bond donors (Lipinski definition) is 0. The molecule has 6 heteroatoms. The van der Waals surface area contributed by atoms with Crippen molar-refractivity contribution in [1.82, 2.24) is 19.6 Å². The van der Waals surface area contributed by atoms with Gasteiger partial charge in [-0.2, -0.15) is 19.6 Å². The number of aromatic nitrogens is 4. The van der Waals surface area contributed by atoms with Crippen LogP contribution in [0.5, 0.6) is 0 Å². The molecule has 0 spiro atoms. The van der Waals surface area contributed by atoms with E-state index in [4.69, 9.17) is 11.6 Å². The predicted molar refractivity (Wildman–Crippen MR) is 56.9 cm³/mol. The largest absolute Gasteiger partial charge is 0.254 e. The van der Waals surface area contributed by atoms with Crippen molar-refractivity contribution in [2.45, 2.75) is 18.9 Å². The summed E-state index contributed by atoms with van der Waals surface area (Å²) in [6.07, 6.45) is 1.48. The number of thioether (sulfide) groups is 1. The van der Waals surface area contributed by atoms with Crippen LogP contribution in [0, 0.1) is 6.92 Å². The van der Waals surface area contributed by atoms with E-state index in [-0.39, 0.29) is 0 Å². The molecule has 0 aliphatic rings. The van der Waals surface area contributed by atoms with Crippen LogP contribution in [0.4, 0.5) is 0 Å². The van der Waals surface area contributed by atoms with Crippen molar-refractivity contribution in [3.63, 3.8) is 0 Å². The normalized spacial score (nSPS) is 11.1. The summed E-state index contributed by atoms with van der Waals surface area (Å²) in [5, 5.41) is 5.62. The van der Waals surface area contributed by atoms with E-state index in [9.17, 15) is 0 Å². The van der Waals surface area contributed by atoms with Gasteiger partial charge in [-0.1, -0.05) is 18.5 Å². The third-order valence-corrected chi connectivity index (χ3v) is 3.24. The van der Waals surface area contributed by atoms with E-state index in [1.54, 1.807) is 16.3 Å². The number of fused-ring (bicyclic) bond motifs is 1. The van der Waals surface area contributed by atoms with E-state index in [0.717, 1.165) is 16.3 Å². The molecular weight excluding hydrogens is 220 g/mol. The highest BCUT2D eigenvalue weighted by Crippen LogP contribution is 2.26. The summed E-state index contributed by atoms with van der Waals surface area (Å²) in [7, 11) is 0. The zero-order chi connectivity index (χ0) is 10.1. The van der Waals surface area contributed by atoms with Crippen molar-refractivity contribution in [3.8, 4) is 0 Å². The van der Waals surface area contributed by atoms with Gasteiger partial charge in [0.2, 0.25) is 0 Å². The fourth-order valence-corrected chi connectivity index (χ4v) is 2.24. The van der Waals surface area contributed by atoms with Gasteiger partial charge in [0.25, 0.3) is 5.78 Å². The predicted octanol–water partition coefficient (Wildman–Crippen LogP) is 2.20. The molecule has 0 N–H and O–H groups in total. The minimum atomic E-state index is 0.501. The summed E-state index contributed by atoms with van der Waals surface area (Å²) in [4.78, 5) is 8.13. The Bertz CT molecular complexity index is 468. The van der Waals surface area contributed by atoms with Crippen LogP contribution in [0.3, 0.4) is 0 Å². The van der Waals surface area contributed by atoms with Crippen molar-refractivity contribution in [2.24, 2.45) is 0 Å². The monoisotopic (exact) mass is 228 g/mol. The Morgan fingerprint density at radius 3 is 3.07 bits per heavy atom. The molecule has 74 valence electrons. The lowest BCUT2D eigenvalue weighted by atomic mass is 10.4. The van der Waals surface area contributed by atoms with Crippen molar-refractivity contribution in [2.75, 3.05) is 5.75 Å². The van der Waals surface area contributed by atoms with E-state index in [2.05, 4.69) is 22.0 Å². The van der Waals surface area contributed by atoms with Crippen LogP contribution < -0.4 is 0 Å². The molecule has 0 saturated heterocycles. The smallest absolute Gasteiger partial charge is 0.199 e. The molecule has 2 rings (SSSR count). The number of rotatable bonds is 2. The Morgan fingerprint density at radius 1 is 1.57 bits per heavy atom. The van der Waals surface area contributed by atoms with Crippen LogP contribution in [-0.2, 0) is 0 Å². The lowest BCUT2D eigenvalue weighted by Gasteiger charge is -2.06. The first kappa shape index (κ1) is 9.73. The van der Waals surface area contributed by atoms with Crippen LogP contribution in [0.2, 0.25) is 5.15 Å². The highest BCUT2D eigenvalue weighted by atomic mass is 35.5. The lowest BCUT2D eigenvalue weighted by Crippen LogP contribution is -1.99. The zero-order valence-electron chi connectivity index (χ0n) is 7.86. The summed E-state index contributed by atoms with van der Waals surface area (Å²) in [5.41, 5.74) is 0.955. The van der Waals surface area contributed by atoms with Crippen LogP contribution in [0.25, 0.3) is 5.78 Å². The summed E-state index contributed by atoms with van der Waals surface area (Å²) in [6, 6.07) is 0. The molecular formula is C8H9ClN4S. The molecule has 0 amide bonds. The molecule has 0 saturated carbocycles. The summed E-state index contributed by atoms with van der Waals surface area (Å²) < 4.78 is 1.72. The van der Waals surface area contributed by atoms with Crippen LogP contribution in [-0.4, -0.2) is 25.3 Å². The van der Waals surface area contributed by atoms with Gasteiger partial charge in [-0.3, -0.25) is 0 Å². The summed E-state index contributed by atoms with van der Waals surface area (Å²) in [5.74, 6) is 1.52. The number of halogens is 1. The Morgan fingerprint density at radius 2 is 2.36 bits per heavy atom. The third kappa shape index (κ3) is 1.46. The fourth-order valence-electron chi connectivity index (χ4n) is 1.18. The van der Waals surface area contributed by atoms with Gasteiger partial charge in [-0.05, 0) is 12.7 Å². The van der Waals surface area contributed by atoms with Crippen LogP contribution in [0.15, 0.2) is 11.4 Å². The Balaban J connectivity index is 2.73. The molecule has 0 radical (unpaired) electrons. The van der Waals surface area contributed by atoms with Crippen molar-refractivity contribution in [3.05, 3.63) is 17.0 Å². The fraction of sp³-hybridized carbons (Fsp3) is 0.375. The topological polar surface area (TPSA) is 43.1 Å². The molecule has 0 aliphatic heterocycles. The second-order valence-corrected chi connectivity index (χ2v) is 4.35. The first-order chi connectivity index (χ1) is 6.74. The van der Waals surface area contributed by atoms with Gasteiger partial charge in [0, 0.05) is 5.56 Å². The second kappa shape index (κ2) is 3.74.